The molecular formula is C24H26N8O3. The molecule has 5 rings (SSSR count). The summed E-state index contributed by atoms with van der Waals surface area (Å²) in [6, 6.07) is 5.11. The molecule has 1 aromatic carbocycles. The van der Waals surface area contributed by atoms with Crippen molar-refractivity contribution in [1.82, 2.24) is 34.7 Å². The van der Waals surface area contributed by atoms with Crippen LogP contribution in [-0.4, -0.2) is 47.9 Å². The van der Waals surface area contributed by atoms with Gasteiger partial charge in [-0.1, -0.05) is 0 Å². The van der Waals surface area contributed by atoms with Crippen LogP contribution in [0.15, 0.2) is 41.6 Å². The molecule has 4 heterocycles. The van der Waals surface area contributed by atoms with E-state index in [1.165, 1.54) is 0 Å². The Balaban J connectivity index is 1.69. The molecule has 0 saturated heterocycles. The van der Waals surface area contributed by atoms with Crippen molar-refractivity contribution in [2.24, 2.45) is 7.05 Å². The number of ether oxygens (including phenoxy) is 2. The monoisotopic (exact) mass is 474 g/mol. The van der Waals surface area contributed by atoms with E-state index < -0.39 is 0 Å². The van der Waals surface area contributed by atoms with Crippen LogP contribution in [-0.2, 0) is 7.05 Å². The van der Waals surface area contributed by atoms with Crippen LogP contribution in [0.1, 0.15) is 32.6 Å². The van der Waals surface area contributed by atoms with Gasteiger partial charge in [-0.2, -0.15) is 5.10 Å². The maximum atomic E-state index is 13.3. The normalized spacial score (nSPS) is 12.2. The third-order valence-corrected chi connectivity index (χ3v) is 5.51. The number of aromatic amines is 2. The standard InChI is InChI=1S/C24H26N8O3/c1-5-34-17-10-14-15(11-18(17)35-6-2)29-23(28-14)19-21(27-13(3)22-25-8-7-9-26-22)20-16(30-24(19)33)12-32(4)31-20/h7-13,27H,5-6H2,1-4H3,(H,28,29)(H,30,33). The molecular weight excluding hydrogens is 448 g/mol. The molecule has 0 fully saturated rings. The lowest BCUT2D eigenvalue weighted by Crippen LogP contribution is -2.17. The summed E-state index contributed by atoms with van der Waals surface area (Å²) in [5, 5.41) is 7.98. The van der Waals surface area contributed by atoms with Crippen LogP contribution in [0.25, 0.3) is 33.5 Å². The number of aryl methyl sites for hydroxylation is 1. The molecule has 180 valence electrons. The van der Waals surface area contributed by atoms with Crippen molar-refractivity contribution in [3.8, 4) is 22.9 Å². The van der Waals surface area contributed by atoms with Gasteiger partial charge in [-0.15, -0.1) is 0 Å². The number of pyridine rings is 1. The maximum absolute atomic E-state index is 13.3. The van der Waals surface area contributed by atoms with Crippen molar-refractivity contribution in [1.29, 1.82) is 0 Å². The van der Waals surface area contributed by atoms with Gasteiger partial charge in [0.25, 0.3) is 5.56 Å². The van der Waals surface area contributed by atoms with Crippen LogP contribution >= 0.6 is 0 Å². The van der Waals surface area contributed by atoms with Gasteiger partial charge in [0.2, 0.25) is 0 Å². The molecule has 0 saturated carbocycles. The Morgan fingerprint density at radius 3 is 2.49 bits per heavy atom. The van der Waals surface area contributed by atoms with Crippen LogP contribution in [0.3, 0.4) is 0 Å². The fourth-order valence-corrected chi connectivity index (χ4v) is 4.04. The minimum absolute atomic E-state index is 0.291. The fraction of sp³-hybridized carbons (Fsp3) is 0.292. The lowest BCUT2D eigenvalue weighted by molar-refractivity contribution is 0.288. The zero-order valence-electron chi connectivity index (χ0n) is 19.9. The van der Waals surface area contributed by atoms with Crippen molar-refractivity contribution in [3.05, 3.63) is 53.0 Å². The molecule has 0 radical (unpaired) electrons. The van der Waals surface area contributed by atoms with Gasteiger partial charge in [-0.25, -0.2) is 15.0 Å². The Bertz CT molecular complexity index is 1510. The average Bonchev–Trinajstić information content (AvgIpc) is 3.42. The van der Waals surface area contributed by atoms with E-state index in [9.17, 15) is 4.79 Å². The molecule has 11 nitrogen and oxygen atoms in total. The number of nitrogens with zero attached hydrogens (tertiary/aromatic N) is 5. The van der Waals surface area contributed by atoms with E-state index in [1.54, 1.807) is 36.4 Å². The molecule has 0 aliphatic carbocycles. The Labute approximate surface area is 200 Å². The van der Waals surface area contributed by atoms with Crippen molar-refractivity contribution in [3.63, 3.8) is 0 Å². The van der Waals surface area contributed by atoms with Crippen molar-refractivity contribution >= 4 is 27.8 Å². The molecule has 11 heteroatoms. The summed E-state index contributed by atoms with van der Waals surface area (Å²) in [5.41, 5.74) is 3.16. The van der Waals surface area contributed by atoms with Crippen LogP contribution in [0.5, 0.6) is 11.5 Å². The Morgan fingerprint density at radius 2 is 1.77 bits per heavy atom. The van der Waals surface area contributed by atoms with E-state index in [-0.39, 0.29) is 11.6 Å². The number of anilines is 1. The minimum Gasteiger partial charge on any atom is -0.490 e. The molecule has 0 aliphatic rings. The Morgan fingerprint density at radius 1 is 1.06 bits per heavy atom. The highest BCUT2D eigenvalue weighted by molar-refractivity contribution is 5.96. The number of fused-ring (bicyclic) bond motifs is 2. The second-order valence-electron chi connectivity index (χ2n) is 8.01. The number of nitrogens with one attached hydrogen (secondary N) is 3. The maximum Gasteiger partial charge on any atom is 0.261 e. The first-order valence-electron chi connectivity index (χ1n) is 11.4. The van der Waals surface area contributed by atoms with Gasteiger partial charge < -0.3 is 24.8 Å². The lowest BCUT2D eigenvalue weighted by Gasteiger charge is -2.16. The summed E-state index contributed by atoms with van der Waals surface area (Å²) in [4.78, 5) is 32.9. The second kappa shape index (κ2) is 9.09. The highest BCUT2D eigenvalue weighted by atomic mass is 16.5. The van der Waals surface area contributed by atoms with Gasteiger partial charge in [-0.3, -0.25) is 9.48 Å². The van der Waals surface area contributed by atoms with Gasteiger partial charge in [0.15, 0.2) is 11.5 Å². The number of hydrogen-bond acceptors (Lipinski definition) is 8. The fourth-order valence-electron chi connectivity index (χ4n) is 4.04. The average molecular weight is 475 g/mol. The Hall–Kier alpha value is -4.41. The molecule has 4 aromatic heterocycles. The largest absolute Gasteiger partial charge is 0.490 e. The molecule has 0 aliphatic heterocycles. The topological polar surface area (TPSA) is 136 Å². The van der Waals surface area contributed by atoms with Crippen molar-refractivity contribution in [2.75, 3.05) is 18.5 Å². The summed E-state index contributed by atoms with van der Waals surface area (Å²) < 4.78 is 13.1. The van der Waals surface area contributed by atoms with E-state index in [0.29, 0.717) is 64.2 Å². The number of benzene rings is 1. The third kappa shape index (κ3) is 4.16. The molecule has 35 heavy (non-hydrogen) atoms. The minimum atomic E-state index is -0.303. The zero-order valence-corrected chi connectivity index (χ0v) is 19.9. The molecule has 3 N–H and O–H groups in total. The predicted molar refractivity (Wildman–Crippen MR) is 133 cm³/mol. The number of rotatable bonds is 8. The summed E-state index contributed by atoms with van der Waals surface area (Å²) in [5.74, 6) is 2.20. The SMILES string of the molecule is CCOc1cc2nc(-c3c(NC(C)c4ncccn4)c4nn(C)cc4[nH]c3=O)[nH]c2cc1OCC. The number of aromatic nitrogens is 7. The van der Waals surface area contributed by atoms with Gasteiger partial charge in [0.1, 0.15) is 22.7 Å². The highest BCUT2D eigenvalue weighted by Gasteiger charge is 2.23. The second-order valence-corrected chi connectivity index (χ2v) is 8.01. The van der Waals surface area contributed by atoms with Gasteiger partial charge in [0.05, 0.1) is 41.5 Å². The van der Waals surface area contributed by atoms with E-state index >= 15 is 0 Å². The molecule has 0 amide bonds. The van der Waals surface area contributed by atoms with E-state index in [0.717, 1.165) is 5.52 Å². The summed E-state index contributed by atoms with van der Waals surface area (Å²) in [6.07, 6.45) is 5.12. The summed E-state index contributed by atoms with van der Waals surface area (Å²) in [6.45, 7) is 6.74. The number of H-pyrrole nitrogens is 2. The Kier molecular flexibility index (Phi) is 5.81. The molecule has 0 bridgehead atoms. The van der Waals surface area contributed by atoms with Crippen molar-refractivity contribution < 1.29 is 9.47 Å². The van der Waals surface area contributed by atoms with E-state index in [2.05, 4.69) is 30.4 Å². The zero-order chi connectivity index (χ0) is 24.5. The van der Waals surface area contributed by atoms with Crippen LogP contribution < -0.4 is 20.3 Å². The third-order valence-electron chi connectivity index (χ3n) is 5.51. The molecule has 1 unspecified atom stereocenters. The van der Waals surface area contributed by atoms with Gasteiger partial charge in [0, 0.05) is 37.8 Å². The first kappa shape index (κ1) is 22.4. The van der Waals surface area contributed by atoms with Crippen LogP contribution in [0, 0.1) is 0 Å². The molecule has 1 atom stereocenters. The lowest BCUT2D eigenvalue weighted by atomic mass is 10.1. The van der Waals surface area contributed by atoms with Gasteiger partial charge in [-0.05, 0) is 26.8 Å². The molecule has 5 aromatic rings. The molecule has 0 spiro atoms. The number of hydrogen-bond donors (Lipinski definition) is 3. The van der Waals surface area contributed by atoms with Crippen LogP contribution in [0.4, 0.5) is 5.69 Å². The number of imidazole rings is 1. The van der Waals surface area contributed by atoms with Crippen LogP contribution in [0.2, 0.25) is 0 Å². The summed E-state index contributed by atoms with van der Waals surface area (Å²) in [7, 11) is 1.80. The predicted octanol–water partition coefficient (Wildman–Crippen LogP) is 3.57. The smallest absolute Gasteiger partial charge is 0.261 e. The van der Waals surface area contributed by atoms with E-state index in [4.69, 9.17) is 14.5 Å². The quantitative estimate of drug-likeness (QED) is 0.311. The van der Waals surface area contributed by atoms with Gasteiger partial charge >= 0.3 is 0 Å². The first-order chi connectivity index (χ1) is 17.0. The highest BCUT2D eigenvalue weighted by Crippen LogP contribution is 2.35. The first-order valence-corrected chi connectivity index (χ1v) is 11.4. The van der Waals surface area contributed by atoms with E-state index in [1.807, 2.05) is 32.9 Å². The van der Waals surface area contributed by atoms with Crippen molar-refractivity contribution in [2.45, 2.75) is 26.8 Å². The summed E-state index contributed by atoms with van der Waals surface area (Å²) >= 11 is 0.